The second-order valence-electron chi connectivity index (χ2n) is 4.04. The molecule has 17 heavy (non-hydrogen) atoms. The van der Waals surface area contributed by atoms with E-state index in [0.29, 0.717) is 0 Å². The van der Waals surface area contributed by atoms with Gasteiger partial charge in [0.2, 0.25) is 0 Å². The highest BCUT2D eigenvalue weighted by Gasteiger charge is 2.04. The van der Waals surface area contributed by atoms with Crippen molar-refractivity contribution in [1.29, 1.82) is 0 Å². The second-order valence-corrected chi connectivity index (χ2v) is 4.58. The van der Waals surface area contributed by atoms with Gasteiger partial charge in [0.25, 0.3) is 0 Å². The molecule has 0 aliphatic heterocycles. The lowest BCUT2D eigenvalue weighted by Crippen LogP contribution is -1.86. The molecule has 0 aliphatic rings. The maximum Gasteiger partial charge on any atom is 0.00468 e. The number of hydrogen-bond donors (Lipinski definition) is 1. The van der Waals surface area contributed by atoms with E-state index in [4.69, 9.17) is 0 Å². The highest BCUT2D eigenvalue weighted by atomic mass is 32.1. The quantitative estimate of drug-likeness (QED) is 0.731. The topological polar surface area (TPSA) is 0 Å². The van der Waals surface area contributed by atoms with Crippen LogP contribution in [0.5, 0.6) is 0 Å². The SMILES string of the molecule is C=C(S)c1ccccc1-c1ccc(CC)cc1. The molecule has 0 N–H and O–H groups in total. The van der Waals surface area contributed by atoms with E-state index in [1.54, 1.807) is 0 Å². The molecule has 2 aromatic rings. The number of rotatable bonds is 3. The number of thiol groups is 1. The summed E-state index contributed by atoms with van der Waals surface area (Å²) < 4.78 is 0. The lowest BCUT2D eigenvalue weighted by atomic mass is 9.98. The molecule has 0 aliphatic carbocycles. The van der Waals surface area contributed by atoms with E-state index in [9.17, 15) is 0 Å². The largest absolute Gasteiger partial charge is 0.143 e. The smallest absolute Gasteiger partial charge is 0.00468 e. The maximum atomic E-state index is 4.35. The number of hydrogen-bond acceptors (Lipinski definition) is 1. The van der Waals surface area contributed by atoms with E-state index in [-0.39, 0.29) is 0 Å². The molecule has 0 spiro atoms. The Morgan fingerprint density at radius 1 is 1.06 bits per heavy atom. The summed E-state index contributed by atoms with van der Waals surface area (Å²) in [6, 6.07) is 16.9. The summed E-state index contributed by atoms with van der Waals surface area (Å²) in [5.41, 5.74) is 4.86. The Morgan fingerprint density at radius 2 is 1.71 bits per heavy atom. The fourth-order valence-corrected chi connectivity index (χ4v) is 2.10. The van der Waals surface area contributed by atoms with Gasteiger partial charge in [-0.3, -0.25) is 0 Å². The Balaban J connectivity index is 2.48. The van der Waals surface area contributed by atoms with Crippen molar-refractivity contribution in [2.75, 3.05) is 0 Å². The lowest BCUT2D eigenvalue weighted by Gasteiger charge is -2.09. The molecule has 0 radical (unpaired) electrons. The first kappa shape index (κ1) is 12.0. The summed E-state index contributed by atoms with van der Waals surface area (Å²) in [7, 11) is 0. The van der Waals surface area contributed by atoms with Crippen LogP contribution in [0.3, 0.4) is 0 Å². The van der Waals surface area contributed by atoms with Gasteiger partial charge in [0.15, 0.2) is 0 Å². The Hall–Kier alpha value is -1.47. The van der Waals surface area contributed by atoms with Crippen molar-refractivity contribution in [1.82, 2.24) is 0 Å². The van der Waals surface area contributed by atoms with Crippen molar-refractivity contribution in [3.05, 3.63) is 66.2 Å². The van der Waals surface area contributed by atoms with Crippen LogP contribution in [0, 0.1) is 0 Å². The molecular formula is C16H16S. The van der Waals surface area contributed by atoms with Gasteiger partial charge in [0.1, 0.15) is 0 Å². The highest BCUT2D eigenvalue weighted by molar-refractivity contribution is 7.90. The van der Waals surface area contributed by atoms with E-state index in [0.717, 1.165) is 16.9 Å². The first-order chi connectivity index (χ1) is 8.22. The minimum Gasteiger partial charge on any atom is -0.143 e. The van der Waals surface area contributed by atoms with Crippen LogP contribution in [0.2, 0.25) is 0 Å². The van der Waals surface area contributed by atoms with Gasteiger partial charge in [-0.05, 0) is 28.7 Å². The third-order valence-corrected chi connectivity index (χ3v) is 3.15. The predicted octanol–water partition coefficient (Wildman–Crippen LogP) is 4.82. The minimum absolute atomic E-state index is 0.806. The summed E-state index contributed by atoms with van der Waals surface area (Å²) >= 11 is 4.35. The van der Waals surface area contributed by atoms with Crippen molar-refractivity contribution >= 4 is 17.5 Å². The van der Waals surface area contributed by atoms with Gasteiger partial charge in [-0.15, -0.1) is 12.6 Å². The zero-order valence-electron chi connectivity index (χ0n) is 9.98. The first-order valence-corrected chi connectivity index (χ1v) is 6.23. The molecule has 0 saturated heterocycles. The monoisotopic (exact) mass is 240 g/mol. The summed E-state index contributed by atoms with van der Waals surface area (Å²) in [5, 5.41) is 0. The third kappa shape index (κ3) is 2.62. The molecule has 1 heteroatoms. The van der Waals surface area contributed by atoms with Crippen LogP contribution in [0.4, 0.5) is 0 Å². The summed E-state index contributed by atoms with van der Waals surface area (Å²) in [6.45, 7) is 6.07. The predicted molar refractivity (Wildman–Crippen MR) is 79.3 cm³/mol. The summed E-state index contributed by atoms with van der Waals surface area (Å²) in [5.74, 6) is 0. The van der Waals surface area contributed by atoms with Crippen LogP contribution in [-0.2, 0) is 6.42 Å². The Kier molecular flexibility index (Phi) is 3.70. The number of benzene rings is 2. The molecule has 0 saturated carbocycles. The molecule has 2 aromatic carbocycles. The molecular weight excluding hydrogens is 224 g/mol. The Morgan fingerprint density at radius 3 is 2.29 bits per heavy atom. The molecule has 86 valence electrons. The molecule has 0 fully saturated rings. The van der Waals surface area contributed by atoms with Crippen molar-refractivity contribution in [2.24, 2.45) is 0 Å². The summed E-state index contributed by atoms with van der Waals surface area (Å²) in [4.78, 5) is 0.806. The van der Waals surface area contributed by atoms with Crippen LogP contribution >= 0.6 is 12.6 Å². The normalized spacial score (nSPS) is 10.2. The molecule has 0 bridgehead atoms. The maximum absolute atomic E-state index is 4.35. The van der Waals surface area contributed by atoms with Crippen molar-refractivity contribution in [3.63, 3.8) is 0 Å². The fourth-order valence-electron chi connectivity index (χ4n) is 1.91. The van der Waals surface area contributed by atoms with Crippen molar-refractivity contribution in [2.45, 2.75) is 13.3 Å². The number of aryl methyl sites for hydroxylation is 1. The molecule has 0 nitrogen and oxygen atoms in total. The highest BCUT2D eigenvalue weighted by Crippen LogP contribution is 2.29. The second kappa shape index (κ2) is 5.24. The van der Waals surface area contributed by atoms with Crippen LogP contribution in [0.25, 0.3) is 16.0 Å². The van der Waals surface area contributed by atoms with E-state index >= 15 is 0 Å². The average Bonchev–Trinajstić information content (AvgIpc) is 2.39. The van der Waals surface area contributed by atoms with Gasteiger partial charge in [0, 0.05) is 4.91 Å². The fraction of sp³-hybridized carbons (Fsp3) is 0.125. The van der Waals surface area contributed by atoms with E-state index in [2.05, 4.69) is 62.5 Å². The first-order valence-electron chi connectivity index (χ1n) is 5.79. The van der Waals surface area contributed by atoms with Crippen LogP contribution < -0.4 is 0 Å². The van der Waals surface area contributed by atoms with Gasteiger partial charge < -0.3 is 0 Å². The average molecular weight is 240 g/mol. The van der Waals surface area contributed by atoms with Gasteiger partial charge in [0.05, 0.1) is 0 Å². The standard InChI is InChI=1S/C16H16S/c1-3-13-8-10-14(11-9-13)16-7-5-4-6-15(16)12(2)17/h4-11,17H,2-3H2,1H3. The van der Waals surface area contributed by atoms with E-state index in [1.165, 1.54) is 16.7 Å². The molecule has 0 unspecified atom stereocenters. The third-order valence-electron chi connectivity index (χ3n) is 2.91. The molecule has 0 amide bonds. The van der Waals surface area contributed by atoms with Crippen molar-refractivity contribution < 1.29 is 0 Å². The van der Waals surface area contributed by atoms with Crippen LogP contribution in [-0.4, -0.2) is 0 Å². The van der Waals surface area contributed by atoms with E-state index in [1.807, 2.05) is 12.1 Å². The van der Waals surface area contributed by atoms with Crippen LogP contribution in [0.15, 0.2) is 55.1 Å². The Bertz CT molecular complexity index is 523. The summed E-state index contributed by atoms with van der Waals surface area (Å²) in [6.07, 6.45) is 1.07. The Labute approximate surface area is 108 Å². The zero-order chi connectivity index (χ0) is 12.3. The molecule has 0 atom stereocenters. The van der Waals surface area contributed by atoms with Gasteiger partial charge in [-0.2, -0.15) is 0 Å². The van der Waals surface area contributed by atoms with Crippen molar-refractivity contribution in [3.8, 4) is 11.1 Å². The molecule has 0 aromatic heterocycles. The minimum atomic E-state index is 0.806. The zero-order valence-corrected chi connectivity index (χ0v) is 10.9. The van der Waals surface area contributed by atoms with Gasteiger partial charge in [-0.1, -0.05) is 62.0 Å². The van der Waals surface area contributed by atoms with E-state index < -0.39 is 0 Å². The van der Waals surface area contributed by atoms with Crippen LogP contribution in [0.1, 0.15) is 18.1 Å². The molecule has 0 heterocycles. The van der Waals surface area contributed by atoms with Gasteiger partial charge in [-0.25, -0.2) is 0 Å². The van der Waals surface area contributed by atoms with Gasteiger partial charge >= 0.3 is 0 Å². The lowest BCUT2D eigenvalue weighted by molar-refractivity contribution is 1.14. The molecule has 2 rings (SSSR count).